The maximum absolute atomic E-state index is 10.7. The van der Waals surface area contributed by atoms with Gasteiger partial charge in [-0.1, -0.05) is 6.07 Å². The molecular weight excluding hydrogens is 226 g/mol. The molecule has 0 spiro atoms. The van der Waals surface area contributed by atoms with Crippen LogP contribution >= 0.6 is 0 Å². The van der Waals surface area contributed by atoms with Crippen LogP contribution in [0.3, 0.4) is 0 Å². The zero-order valence-electron chi connectivity index (χ0n) is 10.3. The van der Waals surface area contributed by atoms with E-state index in [9.17, 15) is 4.79 Å². The standard InChI is InChI=1S/C14H17N3O/c18-11-12-4-7-16(8-5-12)9-13-10-17-6-2-1-3-14(17)15-13/h1-3,6,10-12H,4-5,7-9H2. The molecule has 2 aromatic heterocycles. The van der Waals surface area contributed by atoms with E-state index < -0.39 is 0 Å². The number of hydrogen-bond donors (Lipinski definition) is 0. The molecule has 0 N–H and O–H groups in total. The fourth-order valence-corrected chi connectivity index (χ4v) is 2.54. The second-order valence-corrected chi connectivity index (χ2v) is 4.95. The van der Waals surface area contributed by atoms with Crippen LogP contribution in [0.4, 0.5) is 0 Å². The maximum Gasteiger partial charge on any atom is 0.137 e. The molecule has 0 bridgehead atoms. The molecule has 0 aromatic carbocycles. The molecule has 1 saturated heterocycles. The number of piperidine rings is 1. The van der Waals surface area contributed by atoms with E-state index in [0.717, 1.165) is 50.1 Å². The highest BCUT2D eigenvalue weighted by Crippen LogP contribution is 2.17. The Labute approximate surface area is 106 Å². The molecule has 3 heterocycles. The average Bonchev–Trinajstić information content (AvgIpc) is 2.82. The Kier molecular flexibility index (Phi) is 3.11. The molecule has 4 heteroatoms. The number of carbonyl (C=O) groups excluding carboxylic acids is 1. The van der Waals surface area contributed by atoms with Crippen molar-refractivity contribution in [1.29, 1.82) is 0 Å². The van der Waals surface area contributed by atoms with Crippen molar-refractivity contribution in [3.05, 3.63) is 36.3 Å². The molecule has 0 atom stereocenters. The zero-order chi connectivity index (χ0) is 12.4. The van der Waals surface area contributed by atoms with Gasteiger partial charge in [-0.15, -0.1) is 0 Å². The minimum absolute atomic E-state index is 0.266. The van der Waals surface area contributed by atoms with Gasteiger partial charge in [-0.3, -0.25) is 4.90 Å². The van der Waals surface area contributed by atoms with Crippen LogP contribution in [0.5, 0.6) is 0 Å². The fourth-order valence-electron chi connectivity index (χ4n) is 2.54. The van der Waals surface area contributed by atoms with Crippen molar-refractivity contribution >= 4 is 11.9 Å². The molecule has 1 aliphatic heterocycles. The van der Waals surface area contributed by atoms with Crippen molar-refractivity contribution < 1.29 is 4.79 Å². The minimum atomic E-state index is 0.266. The van der Waals surface area contributed by atoms with Gasteiger partial charge >= 0.3 is 0 Å². The molecule has 1 aliphatic rings. The first-order chi connectivity index (χ1) is 8.85. The van der Waals surface area contributed by atoms with Crippen LogP contribution in [0, 0.1) is 5.92 Å². The summed E-state index contributed by atoms with van der Waals surface area (Å²) < 4.78 is 2.05. The lowest BCUT2D eigenvalue weighted by molar-refractivity contribution is -0.112. The number of imidazole rings is 1. The van der Waals surface area contributed by atoms with E-state index in [4.69, 9.17) is 0 Å². The van der Waals surface area contributed by atoms with E-state index in [1.165, 1.54) is 0 Å². The second kappa shape index (κ2) is 4.90. The first-order valence-electron chi connectivity index (χ1n) is 6.45. The lowest BCUT2D eigenvalue weighted by Gasteiger charge is -2.28. The van der Waals surface area contributed by atoms with Gasteiger partial charge in [0.05, 0.1) is 5.69 Å². The molecule has 0 saturated carbocycles. The molecule has 0 radical (unpaired) electrons. The highest BCUT2D eigenvalue weighted by atomic mass is 16.1. The summed E-state index contributed by atoms with van der Waals surface area (Å²) in [6.45, 7) is 2.88. The number of nitrogens with zero attached hydrogens (tertiary/aromatic N) is 3. The molecule has 4 nitrogen and oxygen atoms in total. The molecule has 1 fully saturated rings. The van der Waals surface area contributed by atoms with Gasteiger partial charge in [0.1, 0.15) is 11.9 Å². The Morgan fingerprint density at radius 2 is 2.17 bits per heavy atom. The lowest BCUT2D eigenvalue weighted by Crippen LogP contribution is -2.33. The summed E-state index contributed by atoms with van der Waals surface area (Å²) in [5.74, 6) is 0.266. The molecule has 94 valence electrons. The van der Waals surface area contributed by atoms with Gasteiger partial charge in [0, 0.05) is 24.9 Å². The largest absolute Gasteiger partial charge is 0.307 e. The van der Waals surface area contributed by atoms with Crippen molar-refractivity contribution in [1.82, 2.24) is 14.3 Å². The summed E-state index contributed by atoms with van der Waals surface area (Å²) in [4.78, 5) is 17.7. The number of aldehydes is 1. The molecule has 0 unspecified atom stereocenters. The van der Waals surface area contributed by atoms with Gasteiger partial charge in [0.25, 0.3) is 0 Å². The number of fused-ring (bicyclic) bond motifs is 1. The van der Waals surface area contributed by atoms with Crippen molar-refractivity contribution in [3.63, 3.8) is 0 Å². The Bertz CT molecular complexity index is 508. The number of hydrogen-bond acceptors (Lipinski definition) is 3. The number of carbonyl (C=O) groups is 1. The van der Waals surface area contributed by atoms with Crippen LogP contribution in [0.25, 0.3) is 5.65 Å². The highest BCUT2D eigenvalue weighted by molar-refractivity contribution is 5.53. The van der Waals surface area contributed by atoms with Gasteiger partial charge in [-0.2, -0.15) is 0 Å². The normalized spacial score (nSPS) is 18.2. The summed E-state index contributed by atoms with van der Waals surface area (Å²) in [5, 5.41) is 0. The van der Waals surface area contributed by atoms with Gasteiger partial charge < -0.3 is 9.20 Å². The zero-order valence-corrected chi connectivity index (χ0v) is 10.3. The Hall–Kier alpha value is -1.68. The van der Waals surface area contributed by atoms with Crippen molar-refractivity contribution in [3.8, 4) is 0 Å². The van der Waals surface area contributed by atoms with Crippen LogP contribution in [0.1, 0.15) is 18.5 Å². The highest BCUT2D eigenvalue weighted by Gasteiger charge is 2.19. The molecule has 0 amide bonds. The van der Waals surface area contributed by atoms with E-state index in [1.807, 2.05) is 28.8 Å². The third kappa shape index (κ3) is 2.29. The van der Waals surface area contributed by atoms with Crippen molar-refractivity contribution in [2.24, 2.45) is 5.92 Å². The maximum atomic E-state index is 10.7. The van der Waals surface area contributed by atoms with Crippen LogP contribution in [-0.4, -0.2) is 33.7 Å². The molecule has 18 heavy (non-hydrogen) atoms. The van der Waals surface area contributed by atoms with E-state index in [1.54, 1.807) is 0 Å². The number of likely N-dealkylation sites (tertiary alicyclic amines) is 1. The van der Waals surface area contributed by atoms with E-state index in [-0.39, 0.29) is 5.92 Å². The monoisotopic (exact) mass is 243 g/mol. The first kappa shape index (κ1) is 11.4. The Morgan fingerprint density at radius 1 is 1.33 bits per heavy atom. The summed E-state index contributed by atoms with van der Waals surface area (Å²) in [6.07, 6.45) is 7.17. The van der Waals surface area contributed by atoms with Crippen LogP contribution in [-0.2, 0) is 11.3 Å². The van der Waals surface area contributed by atoms with E-state index >= 15 is 0 Å². The summed E-state index contributed by atoms with van der Waals surface area (Å²) in [7, 11) is 0. The lowest BCUT2D eigenvalue weighted by atomic mass is 9.99. The number of rotatable bonds is 3. The summed E-state index contributed by atoms with van der Waals surface area (Å²) >= 11 is 0. The molecule has 3 rings (SSSR count). The van der Waals surface area contributed by atoms with Crippen LogP contribution < -0.4 is 0 Å². The van der Waals surface area contributed by atoms with Crippen molar-refractivity contribution in [2.45, 2.75) is 19.4 Å². The topological polar surface area (TPSA) is 37.6 Å². The third-order valence-electron chi connectivity index (χ3n) is 3.62. The Morgan fingerprint density at radius 3 is 2.89 bits per heavy atom. The first-order valence-corrected chi connectivity index (χ1v) is 6.45. The number of aromatic nitrogens is 2. The average molecular weight is 243 g/mol. The quantitative estimate of drug-likeness (QED) is 0.771. The number of pyridine rings is 1. The van der Waals surface area contributed by atoms with Crippen LogP contribution in [0.15, 0.2) is 30.6 Å². The van der Waals surface area contributed by atoms with E-state index in [0.29, 0.717) is 0 Å². The van der Waals surface area contributed by atoms with Crippen LogP contribution in [0.2, 0.25) is 0 Å². The summed E-state index contributed by atoms with van der Waals surface area (Å²) in [6, 6.07) is 6.03. The van der Waals surface area contributed by atoms with E-state index in [2.05, 4.69) is 16.1 Å². The minimum Gasteiger partial charge on any atom is -0.307 e. The SMILES string of the molecule is O=CC1CCN(Cc2cn3ccccc3n2)CC1. The molecule has 2 aromatic rings. The molecule has 0 aliphatic carbocycles. The smallest absolute Gasteiger partial charge is 0.137 e. The van der Waals surface area contributed by atoms with Gasteiger partial charge in [0.15, 0.2) is 0 Å². The second-order valence-electron chi connectivity index (χ2n) is 4.95. The predicted molar refractivity (Wildman–Crippen MR) is 69.3 cm³/mol. The van der Waals surface area contributed by atoms with Gasteiger partial charge in [0.2, 0.25) is 0 Å². The fraction of sp³-hybridized carbons (Fsp3) is 0.429. The van der Waals surface area contributed by atoms with Crippen molar-refractivity contribution in [2.75, 3.05) is 13.1 Å². The summed E-state index contributed by atoms with van der Waals surface area (Å²) in [5.41, 5.74) is 2.10. The predicted octanol–water partition coefficient (Wildman–Crippen LogP) is 1.75. The van der Waals surface area contributed by atoms with Gasteiger partial charge in [-0.05, 0) is 38.1 Å². The third-order valence-corrected chi connectivity index (χ3v) is 3.62. The van der Waals surface area contributed by atoms with Gasteiger partial charge in [-0.25, -0.2) is 4.98 Å². The molecular formula is C14H17N3O. The Balaban J connectivity index is 1.67.